The smallest absolute Gasteiger partial charge is 0.186 e. The Kier molecular flexibility index (Phi) is 3.72. The second-order valence-corrected chi connectivity index (χ2v) is 4.79. The number of rotatable bonds is 3. The SMILES string of the molecule is COCC1OC(OC)C2OC(C)(C)OC2C1O. The van der Waals surface area contributed by atoms with Crippen molar-refractivity contribution >= 4 is 0 Å². The zero-order valence-electron chi connectivity index (χ0n) is 10.6. The van der Waals surface area contributed by atoms with E-state index in [-0.39, 0.29) is 6.61 Å². The molecule has 0 spiro atoms. The third-order valence-corrected chi connectivity index (χ3v) is 3.02. The van der Waals surface area contributed by atoms with Gasteiger partial charge in [-0.1, -0.05) is 0 Å². The van der Waals surface area contributed by atoms with E-state index < -0.39 is 36.5 Å². The van der Waals surface area contributed by atoms with Crippen LogP contribution < -0.4 is 0 Å². The van der Waals surface area contributed by atoms with Crippen LogP contribution in [0.3, 0.4) is 0 Å². The van der Waals surface area contributed by atoms with Gasteiger partial charge in [0, 0.05) is 14.2 Å². The molecule has 2 aliphatic rings. The summed E-state index contributed by atoms with van der Waals surface area (Å²) in [6.45, 7) is 3.89. The average Bonchev–Trinajstić information content (AvgIpc) is 2.59. The van der Waals surface area contributed by atoms with Gasteiger partial charge >= 0.3 is 0 Å². The quantitative estimate of drug-likeness (QED) is 0.751. The summed E-state index contributed by atoms with van der Waals surface area (Å²) >= 11 is 0. The van der Waals surface area contributed by atoms with Crippen molar-refractivity contribution in [2.45, 2.75) is 50.3 Å². The van der Waals surface area contributed by atoms with Gasteiger partial charge < -0.3 is 28.8 Å². The molecule has 0 aliphatic carbocycles. The summed E-state index contributed by atoms with van der Waals surface area (Å²) in [4.78, 5) is 0. The predicted molar refractivity (Wildman–Crippen MR) is 57.4 cm³/mol. The van der Waals surface area contributed by atoms with Crippen LogP contribution in [0.15, 0.2) is 0 Å². The highest BCUT2D eigenvalue weighted by Crippen LogP contribution is 2.37. The van der Waals surface area contributed by atoms with Crippen LogP contribution in [-0.2, 0) is 23.7 Å². The monoisotopic (exact) mass is 248 g/mol. The summed E-state index contributed by atoms with van der Waals surface area (Å²) in [5, 5.41) is 10.2. The largest absolute Gasteiger partial charge is 0.387 e. The lowest BCUT2D eigenvalue weighted by Gasteiger charge is -2.38. The van der Waals surface area contributed by atoms with Crippen LogP contribution in [0.25, 0.3) is 0 Å². The Morgan fingerprint density at radius 3 is 2.41 bits per heavy atom. The van der Waals surface area contributed by atoms with E-state index in [9.17, 15) is 5.11 Å². The Hall–Kier alpha value is -0.240. The summed E-state index contributed by atoms with van der Waals surface area (Å²) in [6.07, 6.45) is -2.68. The molecule has 0 amide bonds. The summed E-state index contributed by atoms with van der Waals surface area (Å²) < 4.78 is 27.2. The molecule has 100 valence electrons. The summed E-state index contributed by atoms with van der Waals surface area (Å²) in [5.41, 5.74) is 0. The molecule has 0 radical (unpaired) electrons. The van der Waals surface area contributed by atoms with Crippen LogP contribution in [0, 0.1) is 0 Å². The molecule has 0 saturated carbocycles. The van der Waals surface area contributed by atoms with Gasteiger partial charge in [0.25, 0.3) is 0 Å². The normalized spacial score (nSPS) is 44.6. The Morgan fingerprint density at radius 1 is 1.18 bits per heavy atom. The van der Waals surface area contributed by atoms with Crippen molar-refractivity contribution in [2.75, 3.05) is 20.8 Å². The van der Waals surface area contributed by atoms with Crippen molar-refractivity contribution in [3.05, 3.63) is 0 Å². The third-order valence-electron chi connectivity index (χ3n) is 3.02. The van der Waals surface area contributed by atoms with Crippen molar-refractivity contribution in [1.29, 1.82) is 0 Å². The number of aliphatic hydroxyl groups excluding tert-OH is 1. The van der Waals surface area contributed by atoms with Crippen molar-refractivity contribution in [3.63, 3.8) is 0 Å². The highest BCUT2D eigenvalue weighted by molar-refractivity contribution is 4.96. The van der Waals surface area contributed by atoms with E-state index in [1.54, 1.807) is 21.0 Å². The molecule has 17 heavy (non-hydrogen) atoms. The molecule has 6 nitrogen and oxygen atoms in total. The van der Waals surface area contributed by atoms with Gasteiger partial charge in [0.2, 0.25) is 0 Å². The second kappa shape index (κ2) is 4.79. The highest BCUT2D eigenvalue weighted by atomic mass is 16.8. The first-order valence-electron chi connectivity index (χ1n) is 5.69. The van der Waals surface area contributed by atoms with E-state index in [1.165, 1.54) is 7.11 Å². The van der Waals surface area contributed by atoms with Gasteiger partial charge in [-0.05, 0) is 13.8 Å². The highest BCUT2D eigenvalue weighted by Gasteiger charge is 2.55. The van der Waals surface area contributed by atoms with Crippen molar-refractivity contribution in [1.82, 2.24) is 0 Å². The Labute approximate surface area is 101 Å². The van der Waals surface area contributed by atoms with E-state index >= 15 is 0 Å². The number of ether oxygens (including phenoxy) is 5. The van der Waals surface area contributed by atoms with E-state index in [4.69, 9.17) is 23.7 Å². The Bertz CT molecular complexity index is 269. The van der Waals surface area contributed by atoms with Gasteiger partial charge in [-0.25, -0.2) is 0 Å². The lowest BCUT2D eigenvalue weighted by atomic mass is 9.99. The first kappa shape index (κ1) is 13.2. The predicted octanol–water partition coefficient (Wildman–Crippen LogP) is -0.115. The van der Waals surface area contributed by atoms with Gasteiger partial charge in [0.1, 0.15) is 24.4 Å². The van der Waals surface area contributed by atoms with E-state index in [1.807, 2.05) is 0 Å². The first-order valence-corrected chi connectivity index (χ1v) is 5.69. The van der Waals surface area contributed by atoms with E-state index in [2.05, 4.69) is 0 Å². The molecule has 0 aromatic carbocycles. The number of hydrogen-bond donors (Lipinski definition) is 1. The number of fused-ring (bicyclic) bond motifs is 1. The summed E-state index contributed by atoms with van der Waals surface area (Å²) in [5.74, 6) is -0.738. The van der Waals surface area contributed by atoms with Crippen molar-refractivity contribution < 1.29 is 28.8 Å². The standard InChI is InChI=1S/C11H20O6/c1-11(2)16-8-7(12)6(5-13-3)15-10(14-4)9(8)17-11/h6-10,12H,5H2,1-4H3. The first-order chi connectivity index (χ1) is 7.98. The maximum atomic E-state index is 10.2. The molecule has 5 unspecified atom stereocenters. The number of aliphatic hydroxyl groups is 1. The van der Waals surface area contributed by atoms with Gasteiger partial charge in [0.15, 0.2) is 12.1 Å². The fraction of sp³-hybridized carbons (Fsp3) is 1.00. The zero-order chi connectivity index (χ0) is 12.6. The summed E-state index contributed by atoms with van der Waals surface area (Å²) in [7, 11) is 3.10. The minimum Gasteiger partial charge on any atom is -0.387 e. The van der Waals surface area contributed by atoms with Gasteiger partial charge in [-0.2, -0.15) is 0 Å². The molecule has 0 aromatic rings. The summed E-state index contributed by atoms with van der Waals surface area (Å²) in [6, 6.07) is 0. The third kappa shape index (κ3) is 2.47. The van der Waals surface area contributed by atoms with Crippen LogP contribution in [0.5, 0.6) is 0 Å². The topological polar surface area (TPSA) is 66.4 Å². The maximum Gasteiger partial charge on any atom is 0.186 e. The molecule has 6 heteroatoms. The molecule has 2 heterocycles. The molecule has 0 aromatic heterocycles. The molecule has 1 N–H and O–H groups in total. The number of hydrogen-bond acceptors (Lipinski definition) is 6. The Balaban J connectivity index is 2.14. The lowest BCUT2D eigenvalue weighted by Crippen LogP contribution is -2.57. The van der Waals surface area contributed by atoms with Crippen molar-refractivity contribution in [3.8, 4) is 0 Å². The van der Waals surface area contributed by atoms with Gasteiger partial charge in [-0.15, -0.1) is 0 Å². The minimum atomic E-state index is -0.784. The molecule has 2 fully saturated rings. The van der Waals surface area contributed by atoms with Crippen LogP contribution >= 0.6 is 0 Å². The van der Waals surface area contributed by atoms with Crippen LogP contribution in [0.2, 0.25) is 0 Å². The average molecular weight is 248 g/mol. The fourth-order valence-corrected chi connectivity index (χ4v) is 2.33. The van der Waals surface area contributed by atoms with Gasteiger partial charge in [0.05, 0.1) is 6.61 Å². The molecule has 5 atom stereocenters. The van der Waals surface area contributed by atoms with Crippen LogP contribution in [-0.4, -0.2) is 62.4 Å². The minimum absolute atomic E-state index is 0.286. The van der Waals surface area contributed by atoms with Gasteiger partial charge in [-0.3, -0.25) is 0 Å². The molecular formula is C11H20O6. The van der Waals surface area contributed by atoms with E-state index in [0.29, 0.717) is 0 Å². The van der Waals surface area contributed by atoms with Crippen LogP contribution in [0.1, 0.15) is 13.8 Å². The fourth-order valence-electron chi connectivity index (χ4n) is 2.33. The van der Waals surface area contributed by atoms with E-state index in [0.717, 1.165) is 0 Å². The Morgan fingerprint density at radius 2 is 1.82 bits per heavy atom. The molecule has 2 aliphatic heterocycles. The number of methoxy groups -OCH3 is 2. The molecule has 0 bridgehead atoms. The second-order valence-electron chi connectivity index (χ2n) is 4.79. The van der Waals surface area contributed by atoms with Crippen LogP contribution in [0.4, 0.5) is 0 Å². The zero-order valence-corrected chi connectivity index (χ0v) is 10.6. The molecule has 2 rings (SSSR count). The van der Waals surface area contributed by atoms with Crippen molar-refractivity contribution in [2.24, 2.45) is 0 Å². The molecule has 2 saturated heterocycles. The maximum absolute atomic E-state index is 10.2. The lowest BCUT2D eigenvalue weighted by molar-refractivity contribution is -0.273. The molecular weight excluding hydrogens is 228 g/mol.